The first-order chi connectivity index (χ1) is 27.0. The summed E-state index contributed by atoms with van der Waals surface area (Å²) in [6.45, 7) is 8.81. The van der Waals surface area contributed by atoms with E-state index >= 15 is 4.79 Å². The van der Waals surface area contributed by atoms with Gasteiger partial charge in [0.25, 0.3) is 0 Å². The quantitative estimate of drug-likeness (QED) is 0.107. The van der Waals surface area contributed by atoms with Crippen LogP contribution in [0, 0.1) is 35.0 Å². The van der Waals surface area contributed by atoms with Crippen LogP contribution in [0.4, 0.5) is 0 Å². The molecule has 2 aliphatic heterocycles. The van der Waals surface area contributed by atoms with Crippen LogP contribution in [0.25, 0.3) is 0 Å². The van der Waals surface area contributed by atoms with E-state index < -0.39 is 23.3 Å². The van der Waals surface area contributed by atoms with Crippen molar-refractivity contribution in [2.75, 3.05) is 19.8 Å². The molecule has 1 aromatic carbocycles. The number of nitrogens with one attached hydrogen (secondary N) is 1. The number of aliphatic hydroxyl groups excluding tert-OH is 2. The number of Topliss-reactive ketones (excluding diaryl/α,β-unsaturated/α-hetero) is 1. The molecule has 6 atom stereocenters. The molecule has 0 bridgehead atoms. The van der Waals surface area contributed by atoms with Gasteiger partial charge in [-0.05, 0) is 118 Å². The number of rotatable bonds is 8. The fourth-order valence-electron chi connectivity index (χ4n) is 10.8. The van der Waals surface area contributed by atoms with Crippen LogP contribution in [0.15, 0.2) is 76.9 Å². The average Bonchev–Trinajstić information content (AvgIpc) is 3.51. The molecule has 3 saturated carbocycles. The van der Waals surface area contributed by atoms with Crippen LogP contribution in [0.2, 0.25) is 0 Å². The highest BCUT2D eigenvalue weighted by Gasteiger charge is 2.64. The summed E-state index contributed by atoms with van der Waals surface area (Å²) in [7, 11) is 0. The van der Waals surface area contributed by atoms with Gasteiger partial charge in [0.1, 0.15) is 12.8 Å². The van der Waals surface area contributed by atoms with Crippen molar-refractivity contribution < 1.29 is 29.6 Å². The molecule has 1 amide bonds. The van der Waals surface area contributed by atoms with Crippen molar-refractivity contribution >= 4 is 11.7 Å². The predicted octanol–water partition coefficient (Wildman–Crippen LogP) is 7.18. The zero-order valence-corrected chi connectivity index (χ0v) is 33.7. The number of ether oxygens (including phenoxy) is 1. The van der Waals surface area contributed by atoms with E-state index in [1.54, 1.807) is 0 Å². The van der Waals surface area contributed by atoms with Gasteiger partial charge < -0.3 is 31.1 Å². The van der Waals surface area contributed by atoms with E-state index in [0.29, 0.717) is 51.6 Å². The number of hydrogen-bond donors (Lipinski definition) is 5. The number of fused-ring (bicyclic) bond motifs is 1. The number of allylic oxidation sites excluding steroid dienone is 8. The Hall–Kier alpha value is -3.58. The monoisotopic (exact) mass is 764 g/mol. The second-order valence-corrected chi connectivity index (χ2v) is 17.3. The lowest BCUT2D eigenvalue weighted by atomic mass is 9.52. The SMILES string of the molecule is C=C1/C=C/C=C(\[C@H]2CC[C@@]3([C@H](CCCO)/C(=C(/C(=O)Cc4cccc5c4CC(=O)N[C@H]5N)C4CCCCC4)CC[C@@]3(C)O)[C@@H]2O)COCC#CC/C(C)=C/CC1. The second kappa shape index (κ2) is 18.8. The Balaban J connectivity index is 1.39. The van der Waals surface area contributed by atoms with Gasteiger partial charge in [-0.2, -0.15) is 0 Å². The summed E-state index contributed by atoms with van der Waals surface area (Å²) in [5.74, 6) is 5.78. The minimum atomic E-state index is -1.21. The standard InChI is InChI=1S/C48H64N2O6/c1-32-13-7-8-28-56-31-36(20-10-16-33(2)15-9-14-32)37-24-26-48(45(37)54)41(22-12-27-51)39(23-25-47(48,3)55)44(34-17-5-4-6-18-34)42(52)29-35-19-11-21-38-40(35)30-43(53)50-46(38)49/h10-11,14,16,19-21,34,37,41,45-46,51,54-55H,2,4-6,9,12-13,15,17-18,22-31,49H2,1,3H3,(H,50,53)/b16-10+,32-14+,36-20-,44-39+/t37-,41-,45-,46-,47-,48-/m1/s1. The topological polar surface area (TPSA) is 142 Å². The number of carbonyl (C=O) groups excluding carboxylic acids is 2. The highest BCUT2D eigenvalue weighted by molar-refractivity contribution is 5.98. The van der Waals surface area contributed by atoms with E-state index in [-0.39, 0.29) is 55.5 Å². The Morgan fingerprint density at radius 1 is 1.12 bits per heavy atom. The summed E-state index contributed by atoms with van der Waals surface area (Å²) in [6.07, 6.45) is 17.9. The summed E-state index contributed by atoms with van der Waals surface area (Å²) in [5, 5.41) is 38.4. The van der Waals surface area contributed by atoms with Gasteiger partial charge in [-0.3, -0.25) is 9.59 Å². The molecule has 302 valence electrons. The largest absolute Gasteiger partial charge is 0.396 e. The molecule has 8 heteroatoms. The Bertz CT molecular complexity index is 1820. The molecular formula is C48H64N2O6. The predicted molar refractivity (Wildman–Crippen MR) is 221 cm³/mol. The van der Waals surface area contributed by atoms with Crippen molar-refractivity contribution in [1.29, 1.82) is 0 Å². The smallest absolute Gasteiger partial charge is 0.225 e. The number of carbonyl (C=O) groups is 2. The first-order valence-electron chi connectivity index (χ1n) is 21.1. The van der Waals surface area contributed by atoms with E-state index in [2.05, 4.69) is 36.7 Å². The van der Waals surface area contributed by atoms with E-state index in [1.165, 1.54) is 5.57 Å². The molecule has 3 aliphatic carbocycles. The maximum atomic E-state index is 15.0. The number of nitrogens with two attached hydrogens (primary N) is 1. The third-order valence-corrected chi connectivity index (χ3v) is 13.7. The van der Waals surface area contributed by atoms with Crippen LogP contribution in [0.3, 0.4) is 0 Å². The van der Waals surface area contributed by atoms with E-state index in [9.17, 15) is 20.1 Å². The maximum Gasteiger partial charge on any atom is 0.225 e. The van der Waals surface area contributed by atoms with Gasteiger partial charge in [0, 0.05) is 30.8 Å². The molecule has 0 unspecified atom stereocenters. The van der Waals surface area contributed by atoms with Crippen molar-refractivity contribution in [2.24, 2.45) is 28.9 Å². The Morgan fingerprint density at radius 3 is 2.71 bits per heavy atom. The molecule has 0 aromatic heterocycles. The molecule has 0 saturated heterocycles. The Morgan fingerprint density at radius 2 is 1.93 bits per heavy atom. The van der Waals surface area contributed by atoms with Crippen LogP contribution in [0.5, 0.6) is 0 Å². The van der Waals surface area contributed by atoms with Crippen molar-refractivity contribution in [3.63, 3.8) is 0 Å². The second-order valence-electron chi connectivity index (χ2n) is 17.3. The number of ketones is 1. The fourth-order valence-corrected chi connectivity index (χ4v) is 10.8. The van der Waals surface area contributed by atoms with Crippen molar-refractivity contribution in [1.82, 2.24) is 5.32 Å². The third-order valence-electron chi connectivity index (χ3n) is 13.7. The molecule has 8 nitrogen and oxygen atoms in total. The van der Waals surface area contributed by atoms with Gasteiger partial charge in [-0.1, -0.05) is 96.9 Å². The van der Waals surface area contributed by atoms with Gasteiger partial charge in [0.15, 0.2) is 5.78 Å². The van der Waals surface area contributed by atoms with Crippen LogP contribution in [0.1, 0.15) is 127 Å². The number of amides is 1. The molecule has 1 aromatic rings. The molecule has 6 rings (SSSR count). The fraction of sp³-hybridized carbons (Fsp3) is 0.583. The van der Waals surface area contributed by atoms with E-state index in [1.807, 2.05) is 43.4 Å². The lowest BCUT2D eigenvalue weighted by molar-refractivity contribution is -0.168. The molecule has 3 fully saturated rings. The normalized spacial score (nSPS) is 34.0. The van der Waals surface area contributed by atoms with Gasteiger partial charge in [0.05, 0.1) is 24.7 Å². The first-order valence-corrected chi connectivity index (χ1v) is 21.1. The maximum absolute atomic E-state index is 15.0. The van der Waals surface area contributed by atoms with Crippen molar-refractivity contribution in [2.45, 2.75) is 134 Å². The number of aliphatic hydroxyl groups is 3. The van der Waals surface area contributed by atoms with Crippen molar-refractivity contribution in [3.05, 3.63) is 93.6 Å². The van der Waals surface area contributed by atoms with Gasteiger partial charge in [-0.15, -0.1) is 0 Å². The number of hydrogen-bond acceptors (Lipinski definition) is 7. The number of benzene rings is 1. The van der Waals surface area contributed by atoms with Crippen LogP contribution in [-0.2, 0) is 27.2 Å². The van der Waals surface area contributed by atoms with Crippen LogP contribution < -0.4 is 11.1 Å². The van der Waals surface area contributed by atoms with Crippen LogP contribution in [-0.4, -0.2) is 58.5 Å². The Labute approximate surface area is 334 Å². The van der Waals surface area contributed by atoms with E-state index in [0.717, 1.165) is 83.9 Å². The molecule has 2 heterocycles. The average molecular weight is 765 g/mol. The van der Waals surface area contributed by atoms with E-state index in [4.69, 9.17) is 10.5 Å². The highest BCUT2D eigenvalue weighted by Crippen LogP contribution is 2.63. The van der Waals surface area contributed by atoms with Gasteiger partial charge in [-0.25, -0.2) is 0 Å². The third kappa shape index (κ3) is 9.09. The Kier molecular flexibility index (Phi) is 14.1. The zero-order chi connectivity index (χ0) is 39.9. The highest BCUT2D eigenvalue weighted by atomic mass is 16.5. The summed E-state index contributed by atoms with van der Waals surface area (Å²) in [6, 6.07) is 5.79. The molecular weight excluding hydrogens is 701 g/mol. The lowest BCUT2D eigenvalue weighted by Crippen LogP contribution is -2.59. The molecule has 5 aliphatic rings. The lowest BCUT2D eigenvalue weighted by Gasteiger charge is -2.56. The molecule has 0 radical (unpaired) electrons. The summed E-state index contributed by atoms with van der Waals surface area (Å²) < 4.78 is 6.13. The zero-order valence-electron chi connectivity index (χ0n) is 33.7. The minimum Gasteiger partial charge on any atom is -0.396 e. The molecule has 6 N–H and O–H groups in total. The van der Waals surface area contributed by atoms with Gasteiger partial charge in [0.2, 0.25) is 5.91 Å². The summed E-state index contributed by atoms with van der Waals surface area (Å²) in [5.41, 5.74) is 11.8. The molecule has 56 heavy (non-hydrogen) atoms. The van der Waals surface area contributed by atoms with Gasteiger partial charge >= 0.3 is 0 Å². The van der Waals surface area contributed by atoms with Crippen molar-refractivity contribution in [3.8, 4) is 11.8 Å². The minimum absolute atomic E-state index is 0.0174. The van der Waals surface area contributed by atoms with Crippen LogP contribution >= 0.6 is 0 Å². The first kappa shape index (κ1) is 42.0. The summed E-state index contributed by atoms with van der Waals surface area (Å²) in [4.78, 5) is 27.6. The molecule has 1 spiro atoms. The summed E-state index contributed by atoms with van der Waals surface area (Å²) >= 11 is 0.